The zero-order valence-electron chi connectivity index (χ0n) is 20.5. The van der Waals surface area contributed by atoms with Crippen molar-refractivity contribution in [1.82, 2.24) is 15.0 Å². The summed E-state index contributed by atoms with van der Waals surface area (Å²) < 4.78 is 11.3. The molecule has 2 aromatic carbocycles. The van der Waals surface area contributed by atoms with Gasteiger partial charge < -0.3 is 24.1 Å². The van der Waals surface area contributed by atoms with Crippen LogP contribution in [-0.2, 0) is 11.2 Å². The van der Waals surface area contributed by atoms with E-state index in [9.17, 15) is 9.59 Å². The molecule has 1 fully saturated rings. The van der Waals surface area contributed by atoms with Gasteiger partial charge in [0.2, 0.25) is 23.4 Å². The van der Waals surface area contributed by atoms with Gasteiger partial charge in [-0.3, -0.25) is 9.59 Å². The van der Waals surface area contributed by atoms with E-state index < -0.39 is 0 Å². The molecule has 4 heterocycles. The van der Waals surface area contributed by atoms with Crippen molar-refractivity contribution in [3.63, 3.8) is 0 Å². The number of thiophene rings is 1. The number of aryl methyl sites for hydroxylation is 1. The summed E-state index contributed by atoms with van der Waals surface area (Å²) in [6.07, 6.45) is 0.402. The molecule has 9 nitrogen and oxygen atoms in total. The Morgan fingerprint density at radius 1 is 0.947 bits per heavy atom. The molecule has 1 aliphatic rings. The molecule has 0 spiro atoms. The van der Waals surface area contributed by atoms with Gasteiger partial charge >= 0.3 is 0 Å². The second-order valence-electron chi connectivity index (χ2n) is 8.95. The van der Waals surface area contributed by atoms with Crippen molar-refractivity contribution in [2.75, 3.05) is 36.4 Å². The first-order valence-electron chi connectivity index (χ1n) is 12.4. The lowest BCUT2D eigenvalue weighted by Crippen LogP contribution is -2.48. The Kier molecular flexibility index (Phi) is 6.62. The van der Waals surface area contributed by atoms with E-state index in [-0.39, 0.29) is 30.4 Å². The minimum Gasteiger partial charge on any atom is -0.449 e. The van der Waals surface area contributed by atoms with Gasteiger partial charge in [-0.25, -0.2) is 0 Å². The topological polar surface area (TPSA) is 105 Å². The summed E-state index contributed by atoms with van der Waals surface area (Å²) >= 11 is 1.52. The van der Waals surface area contributed by atoms with Crippen LogP contribution in [0.15, 0.2) is 81.1 Å². The van der Waals surface area contributed by atoms with E-state index in [1.807, 2.05) is 53.9 Å². The highest BCUT2D eigenvalue weighted by Gasteiger charge is 2.29. The molecule has 0 aliphatic carbocycles. The van der Waals surface area contributed by atoms with Gasteiger partial charge in [-0.05, 0) is 35.7 Å². The third-order valence-corrected chi connectivity index (χ3v) is 7.38. The fraction of sp³-hybridized carbons (Fsp3) is 0.214. The Balaban J connectivity index is 1.15. The van der Waals surface area contributed by atoms with Gasteiger partial charge in [0.1, 0.15) is 11.3 Å². The van der Waals surface area contributed by atoms with Crippen molar-refractivity contribution >= 4 is 45.5 Å². The standard InChI is InChI=1S/C28H25N5O4S/c34-23(12-13-24-30-27(31-37-24)22-11-6-18-38-22)29-25-20-9-4-5-10-21(20)36-26(25)28(35)33-16-14-32(15-17-33)19-7-2-1-3-8-19/h1-11,18H,12-17H2,(H,29,34). The summed E-state index contributed by atoms with van der Waals surface area (Å²) in [7, 11) is 0. The van der Waals surface area contributed by atoms with Crippen molar-refractivity contribution in [2.24, 2.45) is 0 Å². The highest BCUT2D eigenvalue weighted by Crippen LogP contribution is 2.32. The number of anilines is 2. The molecule has 0 saturated carbocycles. The van der Waals surface area contributed by atoms with Crippen LogP contribution in [0.3, 0.4) is 0 Å². The van der Waals surface area contributed by atoms with Crippen LogP contribution in [0.4, 0.5) is 11.4 Å². The van der Waals surface area contributed by atoms with E-state index in [2.05, 4.69) is 32.5 Å². The number of aromatic nitrogens is 2. The monoisotopic (exact) mass is 527 g/mol. The van der Waals surface area contributed by atoms with Crippen molar-refractivity contribution < 1.29 is 18.5 Å². The highest BCUT2D eigenvalue weighted by molar-refractivity contribution is 7.13. The summed E-state index contributed by atoms with van der Waals surface area (Å²) in [5, 5.41) is 9.53. The Morgan fingerprint density at radius 3 is 2.53 bits per heavy atom. The average molecular weight is 528 g/mol. The van der Waals surface area contributed by atoms with Crippen LogP contribution in [-0.4, -0.2) is 53.0 Å². The quantitative estimate of drug-likeness (QED) is 0.315. The molecule has 1 aliphatic heterocycles. The molecule has 1 N–H and O–H groups in total. The average Bonchev–Trinajstić information content (AvgIpc) is 3.73. The number of hydrogen-bond acceptors (Lipinski definition) is 8. The fourth-order valence-electron chi connectivity index (χ4n) is 4.55. The van der Waals surface area contributed by atoms with E-state index in [1.54, 1.807) is 11.0 Å². The van der Waals surface area contributed by atoms with Gasteiger partial charge in [-0.15, -0.1) is 11.3 Å². The molecular weight excluding hydrogens is 502 g/mol. The molecular formula is C28H25N5O4S. The van der Waals surface area contributed by atoms with Gasteiger partial charge in [0.25, 0.3) is 5.91 Å². The maximum absolute atomic E-state index is 13.5. The molecule has 0 bridgehead atoms. The molecule has 0 atom stereocenters. The van der Waals surface area contributed by atoms with E-state index in [0.29, 0.717) is 41.5 Å². The predicted molar refractivity (Wildman–Crippen MR) is 145 cm³/mol. The van der Waals surface area contributed by atoms with Gasteiger partial charge in [0, 0.05) is 50.1 Å². The zero-order chi connectivity index (χ0) is 25.9. The molecule has 0 unspecified atom stereocenters. The summed E-state index contributed by atoms with van der Waals surface area (Å²) in [5.41, 5.74) is 2.08. The van der Waals surface area contributed by atoms with Gasteiger partial charge in [0.05, 0.1) is 4.88 Å². The second kappa shape index (κ2) is 10.5. The van der Waals surface area contributed by atoms with Crippen LogP contribution in [0.1, 0.15) is 22.9 Å². The minimum absolute atomic E-state index is 0.120. The number of rotatable bonds is 7. The number of hydrogen-bond donors (Lipinski definition) is 1. The van der Waals surface area contributed by atoms with Gasteiger partial charge in [-0.1, -0.05) is 41.6 Å². The lowest BCUT2D eigenvalue weighted by Gasteiger charge is -2.35. The number of para-hydroxylation sites is 2. The van der Waals surface area contributed by atoms with E-state index in [1.165, 1.54) is 11.3 Å². The predicted octanol–water partition coefficient (Wildman–Crippen LogP) is 5.08. The summed E-state index contributed by atoms with van der Waals surface area (Å²) in [6.45, 7) is 2.55. The number of benzene rings is 2. The fourth-order valence-corrected chi connectivity index (χ4v) is 5.20. The largest absolute Gasteiger partial charge is 0.449 e. The lowest BCUT2D eigenvalue weighted by atomic mass is 10.2. The number of furan rings is 1. The first-order valence-corrected chi connectivity index (χ1v) is 13.3. The molecule has 0 radical (unpaired) electrons. The van der Waals surface area contributed by atoms with Crippen molar-refractivity contribution in [3.8, 4) is 10.7 Å². The zero-order valence-corrected chi connectivity index (χ0v) is 21.3. The lowest BCUT2D eigenvalue weighted by molar-refractivity contribution is -0.116. The smallest absolute Gasteiger partial charge is 0.291 e. The van der Waals surface area contributed by atoms with E-state index in [0.717, 1.165) is 23.7 Å². The summed E-state index contributed by atoms with van der Waals surface area (Å²) in [4.78, 5) is 35.8. The first kappa shape index (κ1) is 23.9. The SMILES string of the molecule is O=C(CCc1nc(-c2cccs2)no1)Nc1c(C(=O)N2CCN(c3ccccc3)CC2)oc2ccccc12. The third-order valence-electron chi connectivity index (χ3n) is 6.52. The molecule has 10 heteroatoms. The molecule has 6 rings (SSSR count). The van der Waals surface area contributed by atoms with Crippen LogP contribution >= 0.6 is 11.3 Å². The molecule has 5 aromatic rings. The number of amides is 2. The molecule has 2 amide bonds. The second-order valence-corrected chi connectivity index (χ2v) is 9.90. The minimum atomic E-state index is -0.268. The highest BCUT2D eigenvalue weighted by atomic mass is 32.1. The van der Waals surface area contributed by atoms with Crippen LogP contribution in [0.5, 0.6) is 0 Å². The number of piperazine rings is 1. The number of carbonyl (C=O) groups excluding carboxylic acids is 2. The number of carbonyl (C=O) groups is 2. The van der Waals surface area contributed by atoms with Crippen LogP contribution in [0, 0.1) is 0 Å². The number of fused-ring (bicyclic) bond motifs is 1. The molecule has 3 aromatic heterocycles. The summed E-state index contributed by atoms with van der Waals surface area (Å²) in [5.74, 6) is 0.534. The van der Waals surface area contributed by atoms with Gasteiger partial charge in [-0.2, -0.15) is 4.98 Å². The van der Waals surface area contributed by atoms with Crippen molar-refractivity contribution in [3.05, 3.63) is 83.8 Å². The Morgan fingerprint density at radius 2 is 1.74 bits per heavy atom. The maximum atomic E-state index is 13.5. The van der Waals surface area contributed by atoms with Crippen LogP contribution in [0.2, 0.25) is 0 Å². The van der Waals surface area contributed by atoms with Crippen molar-refractivity contribution in [2.45, 2.75) is 12.8 Å². The number of nitrogens with one attached hydrogen (secondary N) is 1. The normalized spacial score (nSPS) is 13.7. The molecule has 1 saturated heterocycles. The van der Waals surface area contributed by atoms with Crippen LogP contribution in [0.25, 0.3) is 21.7 Å². The third kappa shape index (κ3) is 4.90. The van der Waals surface area contributed by atoms with Crippen LogP contribution < -0.4 is 10.2 Å². The Bertz CT molecular complexity index is 1550. The number of nitrogens with zero attached hydrogens (tertiary/aromatic N) is 4. The first-order chi connectivity index (χ1) is 18.7. The van der Waals surface area contributed by atoms with E-state index in [4.69, 9.17) is 8.94 Å². The van der Waals surface area contributed by atoms with Crippen molar-refractivity contribution in [1.29, 1.82) is 0 Å². The Hall–Kier alpha value is -4.44. The molecule has 38 heavy (non-hydrogen) atoms. The van der Waals surface area contributed by atoms with E-state index >= 15 is 0 Å². The molecule has 192 valence electrons. The Labute approximate surface area is 222 Å². The van der Waals surface area contributed by atoms with Gasteiger partial charge in [0.15, 0.2) is 0 Å². The summed E-state index contributed by atoms with van der Waals surface area (Å²) in [6, 6.07) is 21.3. The maximum Gasteiger partial charge on any atom is 0.291 e.